The number of nitrogens with zero attached hydrogens (tertiary/aromatic N) is 1. The van der Waals surface area contributed by atoms with Gasteiger partial charge in [-0.25, -0.2) is 0 Å². The smallest absolute Gasteiger partial charge is 0.0830 e. The average Bonchev–Trinajstić information content (AvgIpc) is 2.40. The van der Waals surface area contributed by atoms with Crippen LogP contribution in [0.25, 0.3) is 0 Å². The van der Waals surface area contributed by atoms with Gasteiger partial charge in [-0.15, -0.1) is 0 Å². The summed E-state index contributed by atoms with van der Waals surface area (Å²) in [6, 6.07) is 12.2. The van der Waals surface area contributed by atoms with Gasteiger partial charge >= 0.3 is 0 Å². The van der Waals surface area contributed by atoms with E-state index in [1.54, 1.807) is 12.4 Å². The molecule has 19 heavy (non-hydrogen) atoms. The van der Waals surface area contributed by atoms with Crippen LogP contribution in [0.1, 0.15) is 36.6 Å². The molecule has 0 spiro atoms. The quantitative estimate of drug-likeness (QED) is 0.886. The monoisotopic (exact) mass is 255 g/mol. The van der Waals surface area contributed by atoms with Crippen LogP contribution in [0, 0.1) is 5.92 Å². The Morgan fingerprint density at radius 3 is 2.32 bits per heavy atom. The number of hydrogen-bond acceptors (Lipinski definition) is 2. The van der Waals surface area contributed by atoms with E-state index < -0.39 is 6.10 Å². The summed E-state index contributed by atoms with van der Waals surface area (Å²) in [4.78, 5) is 4.07. The first kappa shape index (κ1) is 13.8. The molecule has 0 aliphatic rings. The molecule has 1 aromatic heterocycles. The van der Waals surface area contributed by atoms with Gasteiger partial charge in [-0.1, -0.05) is 44.2 Å². The third-order valence-electron chi connectivity index (χ3n) is 3.16. The van der Waals surface area contributed by atoms with Crippen molar-refractivity contribution in [2.24, 2.45) is 5.92 Å². The number of benzene rings is 1. The van der Waals surface area contributed by atoms with Gasteiger partial charge in [0.25, 0.3) is 0 Å². The predicted molar refractivity (Wildman–Crippen MR) is 77.9 cm³/mol. The zero-order valence-corrected chi connectivity index (χ0v) is 11.6. The second-order valence-corrected chi connectivity index (χ2v) is 5.42. The van der Waals surface area contributed by atoms with Crippen LogP contribution in [0.2, 0.25) is 0 Å². The molecule has 0 saturated carbocycles. The first-order chi connectivity index (χ1) is 9.15. The summed E-state index contributed by atoms with van der Waals surface area (Å²) < 4.78 is 0. The van der Waals surface area contributed by atoms with Crippen molar-refractivity contribution in [1.29, 1.82) is 0 Å². The van der Waals surface area contributed by atoms with Crippen LogP contribution in [0.3, 0.4) is 0 Å². The fourth-order valence-corrected chi connectivity index (χ4v) is 2.21. The van der Waals surface area contributed by atoms with Crippen molar-refractivity contribution < 1.29 is 5.11 Å². The third-order valence-corrected chi connectivity index (χ3v) is 3.16. The minimum Gasteiger partial charge on any atom is -0.388 e. The van der Waals surface area contributed by atoms with E-state index in [0.717, 1.165) is 17.5 Å². The molecule has 1 unspecified atom stereocenters. The molecule has 0 aliphatic carbocycles. The fraction of sp³-hybridized carbons (Fsp3) is 0.353. The van der Waals surface area contributed by atoms with E-state index in [9.17, 15) is 5.11 Å². The van der Waals surface area contributed by atoms with Gasteiger partial charge in [0.1, 0.15) is 0 Å². The van der Waals surface area contributed by atoms with Crippen molar-refractivity contribution in [1.82, 2.24) is 4.98 Å². The topological polar surface area (TPSA) is 33.1 Å². The number of aliphatic hydroxyl groups is 1. The molecule has 1 N–H and O–H groups in total. The highest BCUT2D eigenvalue weighted by atomic mass is 16.3. The predicted octanol–water partition coefficient (Wildman–Crippen LogP) is 3.56. The average molecular weight is 255 g/mol. The molecule has 0 radical (unpaired) electrons. The molecule has 1 atom stereocenters. The Morgan fingerprint density at radius 2 is 1.74 bits per heavy atom. The van der Waals surface area contributed by atoms with E-state index in [0.29, 0.717) is 12.3 Å². The Bertz CT molecular complexity index is 490. The molecule has 0 saturated heterocycles. The lowest BCUT2D eigenvalue weighted by Gasteiger charge is -2.12. The minimum atomic E-state index is -0.461. The first-order valence-corrected chi connectivity index (χ1v) is 6.81. The maximum absolute atomic E-state index is 10.2. The number of rotatable bonds is 5. The van der Waals surface area contributed by atoms with Crippen molar-refractivity contribution in [3.05, 3.63) is 65.5 Å². The van der Waals surface area contributed by atoms with Crippen molar-refractivity contribution in [3.8, 4) is 0 Å². The van der Waals surface area contributed by atoms with Crippen molar-refractivity contribution in [2.75, 3.05) is 0 Å². The lowest BCUT2D eigenvalue weighted by Crippen LogP contribution is -2.02. The van der Waals surface area contributed by atoms with Gasteiger partial charge in [0, 0.05) is 18.8 Å². The number of pyridine rings is 1. The Labute approximate surface area is 115 Å². The minimum absolute atomic E-state index is 0.461. The van der Waals surface area contributed by atoms with E-state index in [4.69, 9.17) is 0 Å². The zero-order valence-electron chi connectivity index (χ0n) is 11.6. The van der Waals surface area contributed by atoms with Crippen LogP contribution in [-0.2, 0) is 12.8 Å². The highest BCUT2D eigenvalue weighted by Crippen LogP contribution is 2.19. The molecular weight excluding hydrogens is 234 g/mol. The second kappa shape index (κ2) is 6.48. The summed E-state index contributed by atoms with van der Waals surface area (Å²) in [6.07, 6.45) is 4.78. The summed E-state index contributed by atoms with van der Waals surface area (Å²) >= 11 is 0. The van der Waals surface area contributed by atoms with Gasteiger partial charge in [0.2, 0.25) is 0 Å². The van der Waals surface area contributed by atoms with Crippen LogP contribution in [0.5, 0.6) is 0 Å². The number of aromatic nitrogens is 1. The normalized spacial score (nSPS) is 12.6. The van der Waals surface area contributed by atoms with Crippen LogP contribution in [0.15, 0.2) is 48.8 Å². The fourth-order valence-electron chi connectivity index (χ4n) is 2.21. The molecule has 2 nitrogen and oxygen atoms in total. The molecule has 2 heteroatoms. The van der Waals surface area contributed by atoms with E-state index in [-0.39, 0.29) is 0 Å². The Morgan fingerprint density at radius 1 is 1.00 bits per heavy atom. The maximum Gasteiger partial charge on any atom is 0.0830 e. The van der Waals surface area contributed by atoms with Crippen LogP contribution < -0.4 is 0 Å². The summed E-state index contributed by atoms with van der Waals surface area (Å²) in [5.74, 6) is 0.658. The summed E-state index contributed by atoms with van der Waals surface area (Å²) in [7, 11) is 0. The summed E-state index contributed by atoms with van der Waals surface area (Å²) in [5, 5.41) is 10.2. The lowest BCUT2D eigenvalue weighted by molar-refractivity contribution is 0.178. The molecule has 0 fully saturated rings. The maximum atomic E-state index is 10.2. The van der Waals surface area contributed by atoms with Crippen molar-refractivity contribution >= 4 is 0 Å². The number of hydrogen-bond donors (Lipinski definition) is 1. The lowest BCUT2D eigenvalue weighted by atomic mass is 9.98. The SMILES string of the molecule is CC(C)Cc1ccc(C(O)Cc2cccnc2)cc1. The molecule has 2 aromatic rings. The third kappa shape index (κ3) is 4.18. The van der Waals surface area contributed by atoms with Crippen molar-refractivity contribution in [3.63, 3.8) is 0 Å². The molecule has 0 amide bonds. The van der Waals surface area contributed by atoms with E-state index >= 15 is 0 Å². The van der Waals surface area contributed by atoms with Crippen LogP contribution in [0.4, 0.5) is 0 Å². The zero-order chi connectivity index (χ0) is 13.7. The molecule has 0 aliphatic heterocycles. The van der Waals surface area contributed by atoms with Crippen LogP contribution >= 0.6 is 0 Å². The highest BCUT2D eigenvalue weighted by molar-refractivity contribution is 5.26. The molecule has 0 bridgehead atoms. The Hall–Kier alpha value is -1.67. The van der Waals surface area contributed by atoms with Gasteiger partial charge in [0.15, 0.2) is 0 Å². The molecule has 1 aromatic carbocycles. The van der Waals surface area contributed by atoms with Crippen molar-refractivity contribution in [2.45, 2.75) is 32.8 Å². The first-order valence-electron chi connectivity index (χ1n) is 6.81. The standard InChI is InChI=1S/C17H21NO/c1-13(2)10-14-5-7-16(8-6-14)17(19)11-15-4-3-9-18-12-15/h3-9,12-13,17,19H,10-11H2,1-2H3. The molecule has 100 valence electrons. The summed E-state index contributed by atoms with van der Waals surface area (Å²) in [5.41, 5.74) is 3.35. The number of aliphatic hydroxyl groups excluding tert-OH is 1. The Balaban J connectivity index is 2.01. The van der Waals surface area contributed by atoms with E-state index in [2.05, 4.69) is 31.0 Å². The second-order valence-electron chi connectivity index (χ2n) is 5.42. The Kier molecular flexibility index (Phi) is 4.69. The van der Waals surface area contributed by atoms with E-state index in [1.807, 2.05) is 24.3 Å². The largest absolute Gasteiger partial charge is 0.388 e. The summed E-state index contributed by atoms with van der Waals surface area (Å²) in [6.45, 7) is 4.43. The van der Waals surface area contributed by atoms with E-state index in [1.165, 1.54) is 5.56 Å². The van der Waals surface area contributed by atoms with Gasteiger partial charge in [-0.05, 0) is 35.1 Å². The van der Waals surface area contributed by atoms with Gasteiger partial charge in [0.05, 0.1) is 6.10 Å². The van der Waals surface area contributed by atoms with Gasteiger partial charge < -0.3 is 5.11 Å². The molecule has 1 heterocycles. The van der Waals surface area contributed by atoms with Gasteiger partial charge in [-0.3, -0.25) is 4.98 Å². The highest BCUT2D eigenvalue weighted by Gasteiger charge is 2.08. The molecule has 2 rings (SSSR count). The van der Waals surface area contributed by atoms with Crippen LogP contribution in [-0.4, -0.2) is 10.1 Å². The van der Waals surface area contributed by atoms with Gasteiger partial charge in [-0.2, -0.15) is 0 Å². The molecular formula is C17H21NO.